The van der Waals surface area contributed by atoms with E-state index in [1.807, 2.05) is 6.92 Å². The first kappa shape index (κ1) is 10.5. The first-order valence-corrected chi connectivity index (χ1v) is 4.77. The Kier molecular flexibility index (Phi) is 2.96. The Labute approximate surface area is 79.4 Å². The molecule has 0 aliphatic carbocycles. The Hall–Kier alpha value is -0.570. The van der Waals surface area contributed by atoms with Gasteiger partial charge in [-0.2, -0.15) is 0 Å². The largest absolute Gasteiger partial charge is 0.463 e. The lowest BCUT2D eigenvalue weighted by Gasteiger charge is -2.10. The van der Waals surface area contributed by atoms with Crippen LogP contribution in [0.4, 0.5) is 0 Å². The fourth-order valence-electron chi connectivity index (χ4n) is 1.47. The van der Waals surface area contributed by atoms with E-state index in [0.717, 1.165) is 12.8 Å². The van der Waals surface area contributed by atoms with Crippen LogP contribution in [0.15, 0.2) is 0 Å². The zero-order valence-corrected chi connectivity index (χ0v) is 8.79. The van der Waals surface area contributed by atoms with Gasteiger partial charge < -0.3 is 9.47 Å². The Morgan fingerprint density at radius 3 is 2.54 bits per heavy atom. The average molecular weight is 186 g/mol. The van der Waals surface area contributed by atoms with Crippen molar-refractivity contribution in [1.82, 2.24) is 0 Å². The summed E-state index contributed by atoms with van der Waals surface area (Å²) in [5, 5.41) is 0. The number of hydrogen-bond acceptors (Lipinski definition) is 3. The number of ether oxygens (including phenoxy) is 2. The number of carbonyl (C=O) groups excluding carboxylic acids is 1. The van der Waals surface area contributed by atoms with Crippen molar-refractivity contribution in [2.24, 2.45) is 0 Å². The van der Waals surface area contributed by atoms with Crippen molar-refractivity contribution in [2.45, 2.75) is 58.3 Å². The van der Waals surface area contributed by atoms with Gasteiger partial charge in [0.15, 0.2) is 0 Å². The van der Waals surface area contributed by atoms with E-state index in [2.05, 4.69) is 13.8 Å². The highest BCUT2D eigenvalue weighted by Crippen LogP contribution is 2.38. The molecule has 1 aliphatic heterocycles. The minimum atomic E-state index is -0.205. The minimum Gasteiger partial charge on any atom is -0.463 e. The molecule has 0 saturated carbocycles. The third-order valence-corrected chi connectivity index (χ3v) is 2.37. The van der Waals surface area contributed by atoms with Gasteiger partial charge in [-0.1, -0.05) is 0 Å². The van der Waals surface area contributed by atoms with Crippen molar-refractivity contribution in [1.29, 1.82) is 0 Å². The molecule has 13 heavy (non-hydrogen) atoms. The Balaban J connectivity index is 2.10. The third kappa shape index (κ3) is 3.35. The zero-order chi connectivity index (χ0) is 10.1. The summed E-state index contributed by atoms with van der Waals surface area (Å²) in [5.41, 5.74) is 0.0515. The molecule has 1 saturated heterocycles. The van der Waals surface area contributed by atoms with Crippen LogP contribution in [0.1, 0.15) is 40.5 Å². The molecule has 0 aromatic rings. The molecule has 76 valence electrons. The van der Waals surface area contributed by atoms with Crippen LogP contribution in [0.5, 0.6) is 0 Å². The second-order valence-electron chi connectivity index (χ2n) is 4.21. The molecule has 0 N–H and O–H groups in total. The van der Waals surface area contributed by atoms with E-state index >= 15 is 0 Å². The van der Waals surface area contributed by atoms with Crippen molar-refractivity contribution in [3.8, 4) is 0 Å². The molecular weight excluding hydrogens is 168 g/mol. The van der Waals surface area contributed by atoms with Gasteiger partial charge in [-0.3, -0.25) is 4.79 Å². The van der Waals surface area contributed by atoms with Crippen molar-refractivity contribution < 1.29 is 14.3 Å². The van der Waals surface area contributed by atoms with E-state index in [0.29, 0.717) is 6.10 Å². The lowest BCUT2D eigenvalue weighted by Crippen LogP contribution is -2.14. The summed E-state index contributed by atoms with van der Waals surface area (Å²) in [6, 6.07) is 0. The van der Waals surface area contributed by atoms with Crippen molar-refractivity contribution >= 4 is 5.97 Å². The monoisotopic (exact) mass is 186 g/mol. The van der Waals surface area contributed by atoms with E-state index in [-0.39, 0.29) is 17.7 Å². The smallest absolute Gasteiger partial charge is 0.302 e. The fourth-order valence-corrected chi connectivity index (χ4v) is 1.47. The summed E-state index contributed by atoms with van der Waals surface area (Å²) < 4.78 is 10.4. The molecule has 1 rings (SSSR count). The first-order valence-electron chi connectivity index (χ1n) is 4.77. The molecule has 0 aromatic heterocycles. The second kappa shape index (κ2) is 3.66. The van der Waals surface area contributed by atoms with Crippen molar-refractivity contribution in [3.63, 3.8) is 0 Å². The minimum absolute atomic E-state index is 0.0116. The van der Waals surface area contributed by atoms with Crippen LogP contribution in [0.25, 0.3) is 0 Å². The molecular formula is C10H18O3. The molecule has 3 heteroatoms. The first-order chi connectivity index (χ1) is 5.92. The van der Waals surface area contributed by atoms with Gasteiger partial charge in [0.1, 0.15) is 0 Å². The molecule has 2 atom stereocenters. The van der Waals surface area contributed by atoms with E-state index in [4.69, 9.17) is 9.47 Å². The van der Waals surface area contributed by atoms with Gasteiger partial charge >= 0.3 is 5.97 Å². The molecule has 1 fully saturated rings. The third-order valence-electron chi connectivity index (χ3n) is 2.37. The van der Waals surface area contributed by atoms with Gasteiger partial charge in [-0.25, -0.2) is 0 Å². The average Bonchev–Trinajstić information content (AvgIpc) is 2.53. The Morgan fingerprint density at radius 2 is 2.15 bits per heavy atom. The fraction of sp³-hybridized carbons (Fsp3) is 0.900. The van der Waals surface area contributed by atoms with Crippen LogP contribution in [-0.4, -0.2) is 23.8 Å². The van der Waals surface area contributed by atoms with Gasteiger partial charge in [0.25, 0.3) is 0 Å². The highest BCUT2D eigenvalue weighted by atomic mass is 16.6. The van der Waals surface area contributed by atoms with Crippen LogP contribution < -0.4 is 0 Å². The number of epoxide rings is 1. The SMILES string of the molecule is CC(=O)OC(C)CCC1OC1(C)C. The Bertz CT molecular complexity index is 198. The quantitative estimate of drug-likeness (QED) is 0.497. The predicted molar refractivity (Wildman–Crippen MR) is 49.4 cm³/mol. The maximum absolute atomic E-state index is 10.6. The van der Waals surface area contributed by atoms with Gasteiger partial charge in [-0.15, -0.1) is 0 Å². The highest BCUT2D eigenvalue weighted by Gasteiger charge is 2.47. The maximum atomic E-state index is 10.6. The summed E-state index contributed by atoms with van der Waals surface area (Å²) in [4.78, 5) is 10.6. The zero-order valence-electron chi connectivity index (χ0n) is 8.79. The maximum Gasteiger partial charge on any atom is 0.302 e. The van der Waals surface area contributed by atoms with Crippen LogP contribution >= 0.6 is 0 Å². The molecule has 0 aromatic carbocycles. The number of rotatable bonds is 4. The van der Waals surface area contributed by atoms with Gasteiger partial charge in [-0.05, 0) is 33.6 Å². The normalized spacial score (nSPS) is 26.6. The van der Waals surface area contributed by atoms with Crippen molar-refractivity contribution in [3.05, 3.63) is 0 Å². The molecule has 0 spiro atoms. The molecule has 0 bridgehead atoms. The molecule has 1 aliphatic rings. The molecule has 2 unspecified atom stereocenters. The second-order valence-corrected chi connectivity index (χ2v) is 4.21. The standard InChI is InChI=1S/C10H18O3/c1-7(12-8(2)11)5-6-9-10(3,4)13-9/h7,9H,5-6H2,1-4H3. The number of esters is 1. The van der Waals surface area contributed by atoms with Crippen LogP contribution in [-0.2, 0) is 14.3 Å². The van der Waals surface area contributed by atoms with Crippen LogP contribution in [0.3, 0.4) is 0 Å². The predicted octanol–water partition coefficient (Wildman–Crippen LogP) is 1.90. The lowest BCUT2D eigenvalue weighted by atomic mass is 10.0. The van der Waals surface area contributed by atoms with E-state index < -0.39 is 0 Å². The van der Waals surface area contributed by atoms with E-state index in [1.54, 1.807) is 0 Å². The van der Waals surface area contributed by atoms with Crippen LogP contribution in [0, 0.1) is 0 Å². The number of carbonyl (C=O) groups is 1. The summed E-state index contributed by atoms with van der Waals surface area (Å²) in [6.45, 7) is 7.51. The summed E-state index contributed by atoms with van der Waals surface area (Å²) >= 11 is 0. The summed E-state index contributed by atoms with van der Waals surface area (Å²) in [5.74, 6) is -0.205. The molecule has 1 heterocycles. The van der Waals surface area contributed by atoms with Crippen molar-refractivity contribution in [2.75, 3.05) is 0 Å². The van der Waals surface area contributed by atoms with Gasteiger partial charge in [0, 0.05) is 6.92 Å². The molecule has 3 nitrogen and oxygen atoms in total. The molecule has 0 amide bonds. The highest BCUT2D eigenvalue weighted by molar-refractivity contribution is 5.66. The van der Waals surface area contributed by atoms with E-state index in [1.165, 1.54) is 6.92 Å². The number of hydrogen-bond donors (Lipinski definition) is 0. The van der Waals surface area contributed by atoms with Gasteiger partial charge in [0.05, 0.1) is 17.8 Å². The lowest BCUT2D eigenvalue weighted by molar-refractivity contribution is -0.145. The Morgan fingerprint density at radius 1 is 1.62 bits per heavy atom. The van der Waals surface area contributed by atoms with Crippen LogP contribution in [0.2, 0.25) is 0 Å². The van der Waals surface area contributed by atoms with Gasteiger partial charge in [0.2, 0.25) is 0 Å². The summed E-state index contributed by atoms with van der Waals surface area (Å²) in [6.07, 6.45) is 2.22. The topological polar surface area (TPSA) is 38.8 Å². The van der Waals surface area contributed by atoms with E-state index in [9.17, 15) is 4.79 Å². The summed E-state index contributed by atoms with van der Waals surface area (Å²) in [7, 11) is 0. The molecule has 0 radical (unpaired) electrons.